The number of para-hydroxylation sites is 1. The number of aryl methyl sites for hydroxylation is 1. The van der Waals surface area contributed by atoms with E-state index in [0.29, 0.717) is 11.3 Å². The summed E-state index contributed by atoms with van der Waals surface area (Å²) in [5.41, 5.74) is 0.932. The maximum Gasteiger partial charge on any atom is 0.422 e. The molecule has 6 nitrogen and oxygen atoms in total. The van der Waals surface area contributed by atoms with Crippen molar-refractivity contribution >= 4 is 15.8 Å². The lowest BCUT2D eigenvalue weighted by atomic mass is 10.0. The highest BCUT2D eigenvalue weighted by Gasteiger charge is 2.29. The Morgan fingerprint density at radius 2 is 1.66 bits per heavy atom. The molecule has 1 aromatic heterocycles. The van der Waals surface area contributed by atoms with Crippen LogP contribution in [0.1, 0.15) is 11.3 Å². The minimum Gasteiger partial charge on any atom is -0.483 e. The zero-order valence-corrected chi connectivity index (χ0v) is 16.3. The maximum atomic E-state index is 13.0. The average molecular weight is 426 g/mol. The number of halogens is 3. The van der Waals surface area contributed by atoms with Gasteiger partial charge in [-0.3, -0.25) is 4.72 Å². The van der Waals surface area contributed by atoms with Crippen LogP contribution in [-0.4, -0.2) is 26.4 Å². The molecule has 0 amide bonds. The van der Waals surface area contributed by atoms with Crippen LogP contribution in [0.25, 0.3) is 11.1 Å². The van der Waals surface area contributed by atoms with Crippen LogP contribution >= 0.6 is 0 Å². The lowest BCUT2D eigenvalue weighted by molar-refractivity contribution is -0.153. The molecule has 1 N–H and O–H groups in total. The molecule has 0 spiro atoms. The van der Waals surface area contributed by atoms with Gasteiger partial charge < -0.3 is 9.26 Å². The number of nitrogens with zero attached hydrogens (tertiary/aromatic N) is 1. The van der Waals surface area contributed by atoms with E-state index in [1.165, 1.54) is 36.4 Å². The molecule has 2 aromatic carbocycles. The smallest absolute Gasteiger partial charge is 0.422 e. The van der Waals surface area contributed by atoms with Crippen molar-refractivity contribution in [2.24, 2.45) is 0 Å². The Kier molecular flexibility index (Phi) is 5.56. The molecule has 0 bridgehead atoms. The van der Waals surface area contributed by atoms with Crippen LogP contribution in [0.15, 0.2) is 57.9 Å². The van der Waals surface area contributed by atoms with Crippen LogP contribution in [0.4, 0.5) is 19.0 Å². The lowest BCUT2D eigenvalue weighted by Crippen LogP contribution is -2.19. The Morgan fingerprint density at radius 1 is 1.03 bits per heavy atom. The molecule has 0 fully saturated rings. The number of rotatable bonds is 6. The minimum absolute atomic E-state index is 0.0407. The Hall–Kier alpha value is -3.01. The first kappa shape index (κ1) is 20.7. The van der Waals surface area contributed by atoms with Gasteiger partial charge in [-0.25, -0.2) is 8.42 Å². The molecule has 0 radical (unpaired) electrons. The van der Waals surface area contributed by atoms with Gasteiger partial charge >= 0.3 is 6.18 Å². The van der Waals surface area contributed by atoms with E-state index >= 15 is 0 Å². The molecule has 0 saturated heterocycles. The summed E-state index contributed by atoms with van der Waals surface area (Å²) in [4.78, 5) is -0.136. The summed E-state index contributed by atoms with van der Waals surface area (Å²) in [7, 11) is -4.11. The number of hydrogen-bond acceptors (Lipinski definition) is 5. The number of alkyl halides is 3. The minimum atomic E-state index is -4.53. The van der Waals surface area contributed by atoms with E-state index in [4.69, 9.17) is 9.26 Å². The van der Waals surface area contributed by atoms with Crippen LogP contribution < -0.4 is 9.46 Å². The quantitative estimate of drug-likeness (QED) is 0.618. The van der Waals surface area contributed by atoms with E-state index in [1.54, 1.807) is 26.0 Å². The summed E-state index contributed by atoms with van der Waals surface area (Å²) >= 11 is 0. The summed E-state index contributed by atoms with van der Waals surface area (Å²) in [5, 5.41) is 3.69. The van der Waals surface area contributed by atoms with E-state index in [1.807, 2.05) is 0 Å². The van der Waals surface area contributed by atoms with Crippen molar-refractivity contribution in [3.63, 3.8) is 0 Å². The average Bonchev–Trinajstić information content (AvgIpc) is 2.98. The van der Waals surface area contributed by atoms with Gasteiger partial charge in [0.15, 0.2) is 12.4 Å². The Balaban J connectivity index is 2.03. The molecule has 29 heavy (non-hydrogen) atoms. The molecular formula is C19H17F3N2O4S. The molecule has 3 rings (SSSR count). The predicted molar refractivity (Wildman–Crippen MR) is 100 cm³/mol. The van der Waals surface area contributed by atoms with Crippen LogP contribution in [-0.2, 0) is 10.0 Å². The van der Waals surface area contributed by atoms with Crippen LogP contribution in [0.5, 0.6) is 5.75 Å². The molecule has 0 atom stereocenters. The van der Waals surface area contributed by atoms with E-state index in [9.17, 15) is 21.6 Å². The van der Waals surface area contributed by atoms with Gasteiger partial charge in [0.1, 0.15) is 11.5 Å². The second-order valence-electron chi connectivity index (χ2n) is 6.21. The molecule has 10 heteroatoms. The number of hydrogen-bond donors (Lipinski definition) is 1. The Labute approximate surface area is 165 Å². The van der Waals surface area contributed by atoms with Crippen molar-refractivity contribution in [3.05, 3.63) is 59.9 Å². The summed E-state index contributed by atoms with van der Waals surface area (Å²) in [6.07, 6.45) is -4.53. The molecule has 0 aliphatic carbocycles. The van der Waals surface area contributed by atoms with Crippen LogP contribution in [0, 0.1) is 13.8 Å². The maximum absolute atomic E-state index is 13.0. The zero-order valence-electron chi connectivity index (χ0n) is 15.4. The van der Waals surface area contributed by atoms with Crippen molar-refractivity contribution < 1.29 is 30.8 Å². The van der Waals surface area contributed by atoms with Gasteiger partial charge in [0, 0.05) is 16.7 Å². The summed E-state index contributed by atoms with van der Waals surface area (Å²) in [6, 6.07) is 11.9. The monoisotopic (exact) mass is 426 g/mol. The van der Waals surface area contributed by atoms with Crippen LogP contribution in [0.3, 0.4) is 0 Å². The fourth-order valence-electron chi connectivity index (χ4n) is 2.59. The number of benzene rings is 2. The first-order valence-corrected chi connectivity index (χ1v) is 9.90. The first-order valence-electron chi connectivity index (χ1n) is 8.42. The second-order valence-corrected chi connectivity index (χ2v) is 7.86. The summed E-state index contributed by atoms with van der Waals surface area (Å²) < 4.78 is 75.9. The Bertz CT molecular complexity index is 1120. The molecule has 1 heterocycles. The van der Waals surface area contributed by atoms with E-state index in [0.717, 1.165) is 0 Å². The molecule has 3 aromatic rings. The number of nitrogens with one attached hydrogen (secondary N) is 1. The SMILES string of the molecule is Cc1onc(NS(=O)(=O)c2ccccc2-c2ccccc2OCC(F)(F)F)c1C. The predicted octanol–water partition coefficient (Wildman–Crippen LogP) is 4.70. The van der Waals surface area contributed by atoms with Gasteiger partial charge in [-0.1, -0.05) is 41.6 Å². The second kappa shape index (κ2) is 7.78. The molecule has 0 aliphatic heterocycles. The van der Waals surface area contributed by atoms with Crippen molar-refractivity contribution in [3.8, 4) is 16.9 Å². The first-order chi connectivity index (χ1) is 13.6. The number of ether oxygens (including phenoxy) is 1. The van der Waals surface area contributed by atoms with Crippen molar-refractivity contribution in [2.75, 3.05) is 11.3 Å². The lowest BCUT2D eigenvalue weighted by Gasteiger charge is -2.16. The highest BCUT2D eigenvalue weighted by Crippen LogP contribution is 2.36. The van der Waals surface area contributed by atoms with Crippen molar-refractivity contribution in [1.82, 2.24) is 5.16 Å². The van der Waals surface area contributed by atoms with Crippen LogP contribution in [0.2, 0.25) is 0 Å². The normalized spacial score (nSPS) is 12.0. The molecule has 0 unspecified atom stereocenters. The number of sulfonamides is 1. The zero-order chi connectivity index (χ0) is 21.2. The number of aromatic nitrogens is 1. The van der Waals surface area contributed by atoms with Gasteiger partial charge in [0.05, 0.1) is 4.90 Å². The highest BCUT2D eigenvalue weighted by atomic mass is 32.2. The third kappa shape index (κ3) is 4.70. The molecule has 0 saturated carbocycles. The highest BCUT2D eigenvalue weighted by molar-refractivity contribution is 7.92. The van der Waals surface area contributed by atoms with Gasteiger partial charge in [-0.2, -0.15) is 13.2 Å². The van der Waals surface area contributed by atoms with Gasteiger partial charge in [0.2, 0.25) is 0 Å². The number of anilines is 1. The summed E-state index contributed by atoms with van der Waals surface area (Å²) in [5.74, 6) is 0.418. The fraction of sp³-hybridized carbons (Fsp3) is 0.211. The Morgan fingerprint density at radius 3 is 2.28 bits per heavy atom. The van der Waals surface area contributed by atoms with E-state index in [2.05, 4.69) is 9.88 Å². The van der Waals surface area contributed by atoms with Crippen molar-refractivity contribution in [1.29, 1.82) is 0 Å². The third-order valence-corrected chi connectivity index (χ3v) is 5.53. The topological polar surface area (TPSA) is 81.4 Å². The van der Waals surface area contributed by atoms with E-state index < -0.39 is 22.8 Å². The fourth-order valence-corrected chi connectivity index (χ4v) is 3.87. The third-order valence-electron chi connectivity index (χ3n) is 4.13. The molecule has 154 valence electrons. The standard InChI is InChI=1S/C19H17F3N2O4S/c1-12-13(2)28-23-18(12)24-29(25,26)17-10-6-4-8-15(17)14-7-3-5-9-16(14)27-11-19(20,21)22/h3-10H,11H2,1-2H3,(H,23,24). The van der Waals surface area contributed by atoms with Gasteiger partial charge in [-0.15, -0.1) is 0 Å². The molecule has 0 aliphatic rings. The van der Waals surface area contributed by atoms with Gasteiger partial charge in [-0.05, 0) is 26.0 Å². The van der Waals surface area contributed by atoms with Gasteiger partial charge in [0.25, 0.3) is 10.0 Å². The van der Waals surface area contributed by atoms with Crippen molar-refractivity contribution in [2.45, 2.75) is 24.9 Å². The largest absolute Gasteiger partial charge is 0.483 e. The van der Waals surface area contributed by atoms with E-state index in [-0.39, 0.29) is 27.6 Å². The summed E-state index contributed by atoms with van der Waals surface area (Å²) in [6.45, 7) is 1.80. The molecular weight excluding hydrogens is 409 g/mol.